The first-order chi connectivity index (χ1) is 13.5. The number of ether oxygens (including phenoxy) is 1. The van der Waals surface area contributed by atoms with E-state index in [0.717, 1.165) is 19.3 Å². The number of carboxylic acids is 1. The smallest absolute Gasteiger partial charge is 0.310 e. The summed E-state index contributed by atoms with van der Waals surface area (Å²) in [5.41, 5.74) is 0. The molecule has 0 aliphatic heterocycles. The van der Waals surface area contributed by atoms with Crippen molar-refractivity contribution in [2.45, 2.75) is 110 Å². The molecule has 0 aromatic heterocycles. The van der Waals surface area contributed by atoms with Crippen LogP contribution in [0.2, 0.25) is 0 Å². The first kappa shape index (κ1) is 24.7. The van der Waals surface area contributed by atoms with Gasteiger partial charge in [0.05, 0.1) is 11.8 Å². The van der Waals surface area contributed by atoms with Crippen LogP contribution in [0.15, 0.2) is 12.2 Å². The van der Waals surface area contributed by atoms with Crippen molar-refractivity contribution < 1.29 is 19.4 Å². The molecule has 0 bridgehead atoms. The van der Waals surface area contributed by atoms with Crippen molar-refractivity contribution in [3.8, 4) is 0 Å². The molecule has 0 aromatic carbocycles. The van der Waals surface area contributed by atoms with E-state index < -0.39 is 17.8 Å². The maximum Gasteiger partial charge on any atom is 0.310 e. The maximum atomic E-state index is 12.7. The van der Waals surface area contributed by atoms with Crippen LogP contribution in [0.3, 0.4) is 0 Å². The van der Waals surface area contributed by atoms with Crippen LogP contribution in [-0.2, 0) is 14.3 Å². The van der Waals surface area contributed by atoms with Crippen LogP contribution in [0, 0.1) is 17.8 Å². The molecule has 0 radical (unpaired) electrons. The molecular formula is C24H42O4. The molecular weight excluding hydrogens is 352 g/mol. The van der Waals surface area contributed by atoms with Crippen LogP contribution in [0.5, 0.6) is 0 Å². The molecule has 0 heterocycles. The van der Waals surface area contributed by atoms with Gasteiger partial charge < -0.3 is 9.84 Å². The summed E-state index contributed by atoms with van der Waals surface area (Å²) >= 11 is 0. The van der Waals surface area contributed by atoms with Crippen LogP contribution in [0.25, 0.3) is 0 Å². The minimum absolute atomic E-state index is 0.0950. The Labute approximate surface area is 172 Å². The predicted molar refractivity (Wildman–Crippen MR) is 114 cm³/mol. The molecule has 1 aliphatic carbocycles. The van der Waals surface area contributed by atoms with Gasteiger partial charge in [-0.05, 0) is 31.6 Å². The second kappa shape index (κ2) is 14.6. The van der Waals surface area contributed by atoms with Crippen molar-refractivity contribution in [2.75, 3.05) is 0 Å². The van der Waals surface area contributed by atoms with E-state index in [1.54, 1.807) is 0 Å². The van der Waals surface area contributed by atoms with Crippen LogP contribution in [0.4, 0.5) is 0 Å². The Hall–Kier alpha value is -1.32. The molecule has 1 N–H and O–H groups in total. The zero-order chi connectivity index (χ0) is 20.8. The molecule has 1 aliphatic rings. The van der Waals surface area contributed by atoms with Crippen LogP contribution < -0.4 is 0 Å². The summed E-state index contributed by atoms with van der Waals surface area (Å²) in [5.74, 6) is -2.11. The zero-order valence-electron chi connectivity index (χ0n) is 18.3. The first-order valence-electron chi connectivity index (χ1n) is 11.6. The molecule has 4 nitrogen and oxygen atoms in total. The summed E-state index contributed by atoms with van der Waals surface area (Å²) in [7, 11) is 0. The Bertz CT molecular complexity index is 471. The molecule has 4 heteroatoms. The molecule has 0 aromatic rings. The van der Waals surface area contributed by atoms with E-state index in [4.69, 9.17) is 4.74 Å². The average Bonchev–Trinajstić information content (AvgIpc) is 2.70. The lowest BCUT2D eigenvalue weighted by molar-refractivity contribution is -0.164. The SMILES string of the molecule is CCCCCCCCCCCC(OC(=O)C1CC=CCC1C(=O)O)C(C)CC. The number of unbranched alkanes of at least 4 members (excludes halogenated alkanes) is 8. The van der Waals surface area contributed by atoms with E-state index in [2.05, 4.69) is 20.8 Å². The van der Waals surface area contributed by atoms with Crippen LogP contribution in [0.1, 0.15) is 104 Å². The van der Waals surface area contributed by atoms with Gasteiger partial charge >= 0.3 is 11.9 Å². The monoisotopic (exact) mass is 394 g/mol. The Kier molecular flexibility index (Phi) is 12.9. The van der Waals surface area contributed by atoms with Crippen molar-refractivity contribution in [2.24, 2.45) is 17.8 Å². The number of aliphatic carboxylic acids is 1. The number of hydrogen-bond acceptors (Lipinski definition) is 3. The Morgan fingerprint density at radius 3 is 2.00 bits per heavy atom. The normalized spacial score (nSPS) is 21.2. The maximum absolute atomic E-state index is 12.7. The second-order valence-corrected chi connectivity index (χ2v) is 8.47. The van der Waals surface area contributed by atoms with Crippen molar-refractivity contribution in [3.05, 3.63) is 12.2 Å². The van der Waals surface area contributed by atoms with Crippen molar-refractivity contribution in [1.29, 1.82) is 0 Å². The first-order valence-corrected chi connectivity index (χ1v) is 11.6. The summed E-state index contributed by atoms with van der Waals surface area (Å²) in [6, 6.07) is 0. The molecule has 1 rings (SSSR count). The molecule has 162 valence electrons. The molecule has 0 fully saturated rings. The summed E-state index contributed by atoms with van der Waals surface area (Å²) < 4.78 is 5.86. The summed E-state index contributed by atoms with van der Waals surface area (Å²) in [6.07, 6.45) is 17.9. The van der Waals surface area contributed by atoms with E-state index in [9.17, 15) is 14.7 Å². The number of carbonyl (C=O) groups excluding carboxylic acids is 1. The second-order valence-electron chi connectivity index (χ2n) is 8.47. The van der Waals surface area contributed by atoms with E-state index in [1.807, 2.05) is 12.2 Å². The van der Waals surface area contributed by atoms with E-state index in [-0.39, 0.29) is 12.1 Å². The number of esters is 1. The van der Waals surface area contributed by atoms with Gasteiger partial charge in [-0.1, -0.05) is 90.7 Å². The third-order valence-electron chi connectivity index (χ3n) is 6.19. The molecule has 28 heavy (non-hydrogen) atoms. The lowest BCUT2D eigenvalue weighted by atomic mass is 9.83. The fourth-order valence-electron chi connectivity index (χ4n) is 3.96. The van der Waals surface area contributed by atoms with Gasteiger partial charge in [0.25, 0.3) is 0 Å². The van der Waals surface area contributed by atoms with Gasteiger partial charge in [-0.2, -0.15) is 0 Å². The Balaban J connectivity index is 2.38. The molecule has 4 unspecified atom stereocenters. The lowest BCUT2D eigenvalue weighted by Crippen LogP contribution is -2.36. The van der Waals surface area contributed by atoms with E-state index in [1.165, 1.54) is 51.4 Å². The highest BCUT2D eigenvalue weighted by Gasteiger charge is 2.36. The number of hydrogen-bond donors (Lipinski definition) is 1. The number of allylic oxidation sites excluding steroid dienone is 2. The summed E-state index contributed by atoms with van der Waals surface area (Å²) in [6.45, 7) is 6.49. The van der Waals surface area contributed by atoms with Crippen LogP contribution in [-0.4, -0.2) is 23.1 Å². The van der Waals surface area contributed by atoms with Gasteiger partial charge in [0, 0.05) is 0 Å². The standard InChI is InChI=1S/C24H42O4/c1-4-6-7-8-9-10-11-12-13-18-22(19(3)5-2)28-24(27)21-17-15-14-16-20(21)23(25)26/h14-15,19-22H,4-13,16-18H2,1-3H3,(H,25,26). The van der Waals surface area contributed by atoms with Gasteiger partial charge in [0.1, 0.15) is 6.10 Å². The Morgan fingerprint density at radius 1 is 0.929 bits per heavy atom. The van der Waals surface area contributed by atoms with Gasteiger partial charge in [0.15, 0.2) is 0 Å². The molecule has 4 atom stereocenters. The summed E-state index contributed by atoms with van der Waals surface area (Å²) in [5, 5.41) is 9.40. The van der Waals surface area contributed by atoms with Gasteiger partial charge in [-0.3, -0.25) is 9.59 Å². The van der Waals surface area contributed by atoms with Crippen LogP contribution >= 0.6 is 0 Å². The zero-order valence-corrected chi connectivity index (χ0v) is 18.3. The number of carbonyl (C=O) groups is 2. The average molecular weight is 395 g/mol. The third kappa shape index (κ3) is 9.25. The molecule has 0 amide bonds. The highest BCUT2D eigenvalue weighted by atomic mass is 16.5. The van der Waals surface area contributed by atoms with E-state index >= 15 is 0 Å². The van der Waals surface area contributed by atoms with Gasteiger partial charge in [-0.15, -0.1) is 0 Å². The molecule has 0 saturated carbocycles. The fourth-order valence-corrected chi connectivity index (χ4v) is 3.96. The number of rotatable bonds is 15. The van der Waals surface area contributed by atoms with Gasteiger partial charge in [-0.25, -0.2) is 0 Å². The molecule has 0 saturated heterocycles. The third-order valence-corrected chi connectivity index (χ3v) is 6.19. The van der Waals surface area contributed by atoms with Crippen molar-refractivity contribution >= 4 is 11.9 Å². The highest BCUT2D eigenvalue weighted by molar-refractivity contribution is 5.81. The lowest BCUT2D eigenvalue weighted by Gasteiger charge is -2.28. The highest BCUT2D eigenvalue weighted by Crippen LogP contribution is 2.29. The summed E-state index contributed by atoms with van der Waals surface area (Å²) in [4.78, 5) is 24.1. The van der Waals surface area contributed by atoms with Crippen molar-refractivity contribution in [3.63, 3.8) is 0 Å². The molecule has 0 spiro atoms. The minimum Gasteiger partial charge on any atom is -0.481 e. The quantitative estimate of drug-likeness (QED) is 0.195. The number of carboxylic acid groups (broad SMARTS) is 1. The van der Waals surface area contributed by atoms with Crippen molar-refractivity contribution in [1.82, 2.24) is 0 Å². The predicted octanol–water partition coefficient (Wildman–Crippen LogP) is 6.53. The van der Waals surface area contributed by atoms with E-state index in [0.29, 0.717) is 18.8 Å². The topological polar surface area (TPSA) is 63.6 Å². The largest absolute Gasteiger partial charge is 0.481 e. The fraction of sp³-hybridized carbons (Fsp3) is 0.833. The minimum atomic E-state index is -0.898. The van der Waals surface area contributed by atoms with Gasteiger partial charge in [0.2, 0.25) is 0 Å². The Morgan fingerprint density at radius 2 is 1.46 bits per heavy atom.